The lowest BCUT2D eigenvalue weighted by Crippen LogP contribution is -2.26. The van der Waals surface area contributed by atoms with Crippen LogP contribution >= 0.6 is 11.6 Å². The molecule has 0 bridgehead atoms. The van der Waals surface area contributed by atoms with E-state index in [1.54, 1.807) is 18.3 Å². The first-order valence-electron chi connectivity index (χ1n) is 8.80. The third kappa shape index (κ3) is 5.53. The molecule has 0 fully saturated rings. The van der Waals surface area contributed by atoms with Crippen LogP contribution in [0.25, 0.3) is 0 Å². The van der Waals surface area contributed by atoms with Gasteiger partial charge in [-0.05, 0) is 49.1 Å². The highest BCUT2D eigenvalue weighted by Gasteiger charge is 2.09. The van der Waals surface area contributed by atoms with Crippen LogP contribution in [-0.2, 0) is 6.42 Å². The maximum atomic E-state index is 12.3. The van der Waals surface area contributed by atoms with Crippen LogP contribution in [0.3, 0.4) is 0 Å². The standard InChI is InChI=1S/C21H21ClN4O/c1-15-9-10-17(14-18(15)22)25-21-24-13-11-19(26-21)20(27)23-12-5-8-16-6-3-2-4-7-16/h2-4,6-7,9-11,13-14H,5,8,12H2,1H3,(H,23,27)(H,24,25,26). The fourth-order valence-corrected chi connectivity index (χ4v) is 2.76. The molecule has 27 heavy (non-hydrogen) atoms. The van der Waals surface area contributed by atoms with Crippen LogP contribution in [0.1, 0.15) is 28.0 Å². The number of hydrogen-bond donors (Lipinski definition) is 2. The predicted octanol–water partition coefficient (Wildman–Crippen LogP) is 4.54. The summed E-state index contributed by atoms with van der Waals surface area (Å²) in [5.74, 6) is 0.141. The maximum absolute atomic E-state index is 12.3. The average molecular weight is 381 g/mol. The highest BCUT2D eigenvalue weighted by molar-refractivity contribution is 6.31. The molecule has 138 valence electrons. The van der Waals surface area contributed by atoms with Gasteiger partial charge in [0.25, 0.3) is 5.91 Å². The number of aromatic nitrogens is 2. The number of carbonyl (C=O) groups excluding carboxylic acids is 1. The van der Waals surface area contributed by atoms with Gasteiger partial charge in [-0.1, -0.05) is 48.0 Å². The smallest absolute Gasteiger partial charge is 0.270 e. The third-order valence-electron chi connectivity index (χ3n) is 4.09. The molecule has 0 atom stereocenters. The van der Waals surface area contributed by atoms with E-state index >= 15 is 0 Å². The first kappa shape index (κ1) is 18.9. The fourth-order valence-electron chi connectivity index (χ4n) is 2.57. The van der Waals surface area contributed by atoms with E-state index in [1.165, 1.54) is 5.56 Å². The molecule has 1 aromatic heterocycles. The molecule has 1 amide bonds. The number of amides is 1. The van der Waals surface area contributed by atoms with Crippen molar-refractivity contribution in [2.75, 3.05) is 11.9 Å². The quantitative estimate of drug-likeness (QED) is 0.590. The van der Waals surface area contributed by atoms with Crippen LogP contribution in [-0.4, -0.2) is 22.4 Å². The van der Waals surface area contributed by atoms with Gasteiger partial charge in [-0.2, -0.15) is 0 Å². The van der Waals surface area contributed by atoms with E-state index in [-0.39, 0.29) is 5.91 Å². The summed E-state index contributed by atoms with van der Waals surface area (Å²) in [6.45, 7) is 2.53. The summed E-state index contributed by atoms with van der Waals surface area (Å²) in [7, 11) is 0. The summed E-state index contributed by atoms with van der Waals surface area (Å²) in [6, 6.07) is 17.4. The molecule has 0 saturated carbocycles. The van der Waals surface area contributed by atoms with E-state index in [0.717, 1.165) is 24.1 Å². The second-order valence-electron chi connectivity index (χ2n) is 6.20. The van der Waals surface area contributed by atoms with Gasteiger partial charge in [0.2, 0.25) is 5.95 Å². The molecule has 1 heterocycles. The molecule has 3 rings (SSSR count). The van der Waals surface area contributed by atoms with Crippen LogP contribution in [0.4, 0.5) is 11.6 Å². The highest BCUT2D eigenvalue weighted by Crippen LogP contribution is 2.21. The van der Waals surface area contributed by atoms with Crippen molar-refractivity contribution in [2.24, 2.45) is 0 Å². The van der Waals surface area contributed by atoms with Gasteiger partial charge in [0.1, 0.15) is 5.69 Å². The molecule has 0 unspecified atom stereocenters. The van der Waals surface area contributed by atoms with E-state index in [1.807, 2.05) is 37.3 Å². The minimum atomic E-state index is -0.213. The Labute approximate surface area is 163 Å². The fraction of sp³-hybridized carbons (Fsp3) is 0.190. The minimum Gasteiger partial charge on any atom is -0.351 e. The van der Waals surface area contributed by atoms with Gasteiger partial charge in [-0.3, -0.25) is 4.79 Å². The molecule has 2 aromatic carbocycles. The van der Waals surface area contributed by atoms with Gasteiger partial charge < -0.3 is 10.6 Å². The zero-order valence-corrected chi connectivity index (χ0v) is 15.8. The Morgan fingerprint density at radius 2 is 1.93 bits per heavy atom. The predicted molar refractivity (Wildman–Crippen MR) is 109 cm³/mol. The second-order valence-corrected chi connectivity index (χ2v) is 6.61. The van der Waals surface area contributed by atoms with Crippen molar-refractivity contribution in [1.29, 1.82) is 0 Å². The van der Waals surface area contributed by atoms with E-state index < -0.39 is 0 Å². The average Bonchev–Trinajstić information content (AvgIpc) is 2.69. The lowest BCUT2D eigenvalue weighted by Gasteiger charge is -2.08. The number of rotatable bonds is 7. The minimum absolute atomic E-state index is 0.213. The van der Waals surface area contributed by atoms with Crippen LogP contribution in [0.2, 0.25) is 5.02 Å². The molecule has 5 nitrogen and oxygen atoms in total. The monoisotopic (exact) mass is 380 g/mol. The van der Waals surface area contributed by atoms with Gasteiger partial charge in [0.15, 0.2) is 0 Å². The van der Waals surface area contributed by atoms with Gasteiger partial charge in [0.05, 0.1) is 0 Å². The number of nitrogens with zero attached hydrogens (tertiary/aromatic N) is 2. The van der Waals surface area contributed by atoms with Crippen molar-refractivity contribution in [1.82, 2.24) is 15.3 Å². The normalized spacial score (nSPS) is 10.4. The summed E-state index contributed by atoms with van der Waals surface area (Å²) in [6.07, 6.45) is 3.35. The molecular weight excluding hydrogens is 360 g/mol. The van der Waals surface area contributed by atoms with Crippen molar-refractivity contribution in [2.45, 2.75) is 19.8 Å². The Morgan fingerprint density at radius 1 is 1.11 bits per heavy atom. The SMILES string of the molecule is Cc1ccc(Nc2nccc(C(=O)NCCCc3ccccc3)n2)cc1Cl. The number of carbonyl (C=O) groups is 1. The van der Waals surface area contributed by atoms with Crippen molar-refractivity contribution in [3.63, 3.8) is 0 Å². The zero-order valence-electron chi connectivity index (χ0n) is 15.1. The van der Waals surface area contributed by atoms with E-state index in [9.17, 15) is 4.79 Å². The number of benzene rings is 2. The summed E-state index contributed by atoms with van der Waals surface area (Å²) in [4.78, 5) is 20.7. The summed E-state index contributed by atoms with van der Waals surface area (Å²) in [5, 5.41) is 6.63. The van der Waals surface area contributed by atoms with Crippen molar-refractivity contribution >= 4 is 29.1 Å². The first-order chi connectivity index (χ1) is 13.1. The third-order valence-corrected chi connectivity index (χ3v) is 4.49. The number of aryl methyl sites for hydroxylation is 2. The second kappa shape index (κ2) is 9.14. The molecule has 0 radical (unpaired) electrons. The number of halogens is 1. The van der Waals surface area contributed by atoms with Crippen molar-refractivity contribution in [3.05, 3.63) is 82.6 Å². The number of anilines is 2. The Morgan fingerprint density at radius 3 is 2.70 bits per heavy atom. The first-order valence-corrected chi connectivity index (χ1v) is 9.18. The van der Waals surface area contributed by atoms with Crippen LogP contribution in [0.5, 0.6) is 0 Å². The van der Waals surface area contributed by atoms with Gasteiger partial charge in [0, 0.05) is 23.5 Å². The molecule has 2 N–H and O–H groups in total. The van der Waals surface area contributed by atoms with E-state index in [2.05, 4.69) is 32.7 Å². The van der Waals surface area contributed by atoms with Crippen LogP contribution in [0, 0.1) is 6.92 Å². The number of hydrogen-bond acceptors (Lipinski definition) is 4. The Bertz CT molecular complexity index is 915. The Hall–Kier alpha value is -2.92. The van der Waals surface area contributed by atoms with Crippen LogP contribution < -0.4 is 10.6 Å². The Kier molecular flexibility index (Phi) is 6.39. The van der Waals surface area contributed by atoms with E-state index in [4.69, 9.17) is 11.6 Å². The van der Waals surface area contributed by atoms with Gasteiger partial charge >= 0.3 is 0 Å². The number of nitrogens with one attached hydrogen (secondary N) is 2. The molecule has 0 aliphatic carbocycles. The molecule has 0 aliphatic rings. The maximum Gasteiger partial charge on any atom is 0.270 e. The molecule has 0 spiro atoms. The Balaban J connectivity index is 1.54. The molecule has 0 saturated heterocycles. The summed E-state index contributed by atoms with van der Waals surface area (Å²) < 4.78 is 0. The summed E-state index contributed by atoms with van der Waals surface area (Å²) >= 11 is 6.13. The zero-order chi connectivity index (χ0) is 19.1. The van der Waals surface area contributed by atoms with Crippen molar-refractivity contribution in [3.8, 4) is 0 Å². The lowest BCUT2D eigenvalue weighted by molar-refractivity contribution is 0.0948. The van der Waals surface area contributed by atoms with E-state index in [0.29, 0.717) is 23.2 Å². The topological polar surface area (TPSA) is 66.9 Å². The van der Waals surface area contributed by atoms with Crippen molar-refractivity contribution < 1.29 is 4.79 Å². The molecule has 3 aromatic rings. The lowest BCUT2D eigenvalue weighted by atomic mass is 10.1. The van der Waals surface area contributed by atoms with Gasteiger partial charge in [-0.15, -0.1) is 0 Å². The van der Waals surface area contributed by atoms with Gasteiger partial charge in [-0.25, -0.2) is 9.97 Å². The molecule has 6 heteroatoms. The largest absolute Gasteiger partial charge is 0.351 e. The highest BCUT2D eigenvalue weighted by atomic mass is 35.5. The molecule has 0 aliphatic heterocycles. The molecular formula is C21H21ClN4O. The summed E-state index contributed by atoms with van der Waals surface area (Å²) in [5.41, 5.74) is 3.35. The van der Waals surface area contributed by atoms with Crippen LogP contribution in [0.15, 0.2) is 60.8 Å².